The van der Waals surface area contributed by atoms with Crippen LogP contribution in [0.25, 0.3) is 0 Å². The Kier molecular flexibility index (Phi) is 2.02. The third-order valence-corrected chi connectivity index (χ3v) is 2.23. The Balaban J connectivity index is 2.35. The average molecular weight is 206 g/mol. The molecule has 1 N–H and O–H groups in total. The summed E-state index contributed by atoms with van der Waals surface area (Å²) in [5, 5.41) is 12.1. The zero-order valence-corrected chi connectivity index (χ0v) is 7.25. The number of rotatable bonds is 2. The van der Waals surface area contributed by atoms with Crippen LogP contribution in [0.3, 0.4) is 0 Å². The van der Waals surface area contributed by atoms with Crippen LogP contribution >= 0.6 is 0 Å². The van der Waals surface area contributed by atoms with E-state index in [1.54, 1.807) is 0 Å². The van der Waals surface area contributed by atoms with Gasteiger partial charge in [0.1, 0.15) is 6.73 Å². The van der Waals surface area contributed by atoms with Crippen molar-refractivity contribution in [3.05, 3.63) is 17.5 Å². The molecular weight excluding hydrogens is 197 g/mol. The van der Waals surface area contributed by atoms with E-state index in [0.29, 0.717) is 5.69 Å². The lowest BCUT2D eigenvalue weighted by atomic mass is 10.2. The van der Waals surface area contributed by atoms with Gasteiger partial charge in [-0.25, -0.2) is 4.68 Å². The van der Waals surface area contributed by atoms with Gasteiger partial charge in [-0.2, -0.15) is 18.3 Å². The van der Waals surface area contributed by atoms with Gasteiger partial charge in [0.05, 0.1) is 0 Å². The van der Waals surface area contributed by atoms with Crippen molar-refractivity contribution < 1.29 is 18.3 Å². The quantitative estimate of drug-likeness (QED) is 0.800. The van der Waals surface area contributed by atoms with E-state index in [9.17, 15) is 13.2 Å². The smallest absolute Gasteiger partial charge is 0.374 e. The van der Waals surface area contributed by atoms with Crippen molar-refractivity contribution in [1.29, 1.82) is 0 Å². The molecule has 1 heterocycles. The Morgan fingerprint density at radius 1 is 1.50 bits per heavy atom. The predicted molar refractivity (Wildman–Crippen MR) is 41.4 cm³/mol. The predicted octanol–water partition coefficient (Wildman–Crippen LogP) is 1.73. The molecule has 0 amide bonds. The Bertz CT molecular complexity index is 341. The molecule has 1 saturated carbocycles. The maximum Gasteiger partial charge on any atom is 0.435 e. The van der Waals surface area contributed by atoms with Crippen LogP contribution in [0, 0.1) is 0 Å². The molecule has 0 bridgehead atoms. The SMILES string of the molecule is OCn1nc(C(F)(F)F)cc1C1CC1. The molecule has 0 radical (unpaired) electrons. The number of hydrogen-bond acceptors (Lipinski definition) is 2. The zero-order chi connectivity index (χ0) is 10.3. The molecule has 78 valence electrons. The van der Waals surface area contributed by atoms with Crippen molar-refractivity contribution in [1.82, 2.24) is 9.78 Å². The number of halogens is 3. The van der Waals surface area contributed by atoms with Crippen LogP contribution in [-0.2, 0) is 12.9 Å². The highest BCUT2D eigenvalue weighted by Gasteiger charge is 2.37. The van der Waals surface area contributed by atoms with Crippen molar-refractivity contribution in [3.8, 4) is 0 Å². The fraction of sp³-hybridized carbons (Fsp3) is 0.625. The van der Waals surface area contributed by atoms with E-state index in [1.807, 2.05) is 0 Å². The molecule has 1 aliphatic carbocycles. The molecule has 0 spiro atoms. The lowest BCUT2D eigenvalue weighted by Gasteiger charge is -2.00. The van der Waals surface area contributed by atoms with Gasteiger partial charge in [0.15, 0.2) is 5.69 Å². The number of hydrogen-bond donors (Lipinski definition) is 1. The van der Waals surface area contributed by atoms with Gasteiger partial charge in [-0.05, 0) is 18.9 Å². The molecule has 1 aromatic rings. The van der Waals surface area contributed by atoms with E-state index in [4.69, 9.17) is 5.11 Å². The first-order valence-electron chi connectivity index (χ1n) is 4.28. The van der Waals surface area contributed by atoms with E-state index in [0.717, 1.165) is 23.6 Å². The van der Waals surface area contributed by atoms with E-state index < -0.39 is 18.6 Å². The minimum atomic E-state index is -4.43. The van der Waals surface area contributed by atoms with Crippen LogP contribution in [0.2, 0.25) is 0 Å². The van der Waals surface area contributed by atoms with Gasteiger partial charge in [0.25, 0.3) is 0 Å². The molecule has 0 aliphatic heterocycles. The third-order valence-electron chi connectivity index (χ3n) is 2.23. The summed E-state index contributed by atoms with van der Waals surface area (Å²) in [6, 6.07) is 1.02. The van der Waals surface area contributed by atoms with Crippen LogP contribution in [0.1, 0.15) is 30.1 Å². The number of alkyl halides is 3. The van der Waals surface area contributed by atoms with Gasteiger partial charge in [-0.3, -0.25) is 0 Å². The molecule has 1 aliphatic rings. The molecule has 0 aromatic carbocycles. The summed E-state index contributed by atoms with van der Waals surface area (Å²) >= 11 is 0. The number of nitrogens with zero attached hydrogens (tertiary/aromatic N) is 2. The minimum Gasteiger partial charge on any atom is -0.374 e. The molecule has 0 atom stereocenters. The van der Waals surface area contributed by atoms with E-state index in [2.05, 4.69) is 5.10 Å². The summed E-state index contributed by atoms with van der Waals surface area (Å²) in [4.78, 5) is 0. The summed E-state index contributed by atoms with van der Waals surface area (Å²) in [5.74, 6) is 0.144. The molecule has 0 saturated heterocycles. The number of aliphatic hydroxyl groups is 1. The fourth-order valence-corrected chi connectivity index (χ4v) is 1.39. The van der Waals surface area contributed by atoms with Crippen molar-refractivity contribution in [2.45, 2.75) is 31.7 Å². The maximum atomic E-state index is 12.2. The van der Waals surface area contributed by atoms with Crippen molar-refractivity contribution in [2.75, 3.05) is 0 Å². The number of aliphatic hydroxyl groups excluding tert-OH is 1. The summed E-state index contributed by atoms with van der Waals surface area (Å²) in [5.41, 5.74) is -0.437. The largest absolute Gasteiger partial charge is 0.435 e. The van der Waals surface area contributed by atoms with Gasteiger partial charge in [0.2, 0.25) is 0 Å². The van der Waals surface area contributed by atoms with Gasteiger partial charge in [-0.1, -0.05) is 0 Å². The van der Waals surface area contributed by atoms with E-state index in [-0.39, 0.29) is 5.92 Å². The van der Waals surface area contributed by atoms with Gasteiger partial charge >= 0.3 is 6.18 Å². The summed E-state index contributed by atoms with van der Waals surface area (Å²) in [7, 11) is 0. The molecule has 1 fully saturated rings. The first kappa shape index (κ1) is 9.51. The number of aromatic nitrogens is 2. The normalized spacial score (nSPS) is 17.4. The Morgan fingerprint density at radius 3 is 2.57 bits per heavy atom. The topological polar surface area (TPSA) is 38.0 Å². The second-order valence-electron chi connectivity index (χ2n) is 3.37. The van der Waals surface area contributed by atoms with Gasteiger partial charge < -0.3 is 5.11 Å². The summed E-state index contributed by atoms with van der Waals surface area (Å²) in [6.07, 6.45) is -2.67. The standard InChI is InChI=1S/C8H9F3N2O/c9-8(10,11)7-3-6(5-1-2-5)13(4-14)12-7/h3,5,14H,1-2,4H2. The zero-order valence-electron chi connectivity index (χ0n) is 7.25. The van der Waals surface area contributed by atoms with Crippen LogP contribution in [-0.4, -0.2) is 14.9 Å². The van der Waals surface area contributed by atoms with Crippen LogP contribution in [0.5, 0.6) is 0 Å². The monoisotopic (exact) mass is 206 g/mol. The highest BCUT2D eigenvalue weighted by molar-refractivity contribution is 5.20. The molecule has 0 unspecified atom stereocenters. The Labute approximate surface area is 78.1 Å². The van der Waals surface area contributed by atoms with Crippen molar-refractivity contribution >= 4 is 0 Å². The lowest BCUT2D eigenvalue weighted by Crippen LogP contribution is -2.08. The second kappa shape index (κ2) is 2.98. The molecule has 3 nitrogen and oxygen atoms in total. The Morgan fingerprint density at radius 2 is 2.14 bits per heavy atom. The fourth-order valence-electron chi connectivity index (χ4n) is 1.39. The molecule has 6 heteroatoms. The minimum absolute atomic E-state index is 0.144. The van der Waals surface area contributed by atoms with Crippen molar-refractivity contribution in [3.63, 3.8) is 0 Å². The summed E-state index contributed by atoms with van der Waals surface area (Å²) < 4.78 is 37.7. The average Bonchev–Trinajstić information content (AvgIpc) is 2.82. The van der Waals surface area contributed by atoms with E-state index >= 15 is 0 Å². The van der Waals surface area contributed by atoms with Gasteiger partial charge in [0, 0.05) is 11.6 Å². The first-order valence-corrected chi connectivity index (χ1v) is 4.28. The lowest BCUT2D eigenvalue weighted by molar-refractivity contribution is -0.141. The molecule has 2 rings (SSSR count). The Hall–Kier alpha value is -1.04. The third kappa shape index (κ3) is 1.61. The highest BCUT2D eigenvalue weighted by atomic mass is 19.4. The summed E-state index contributed by atoms with van der Waals surface area (Å²) in [6.45, 7) is -0.498. The molecule has 1 aromatic heterocycles. The maximum absolute atomic E-state index is 12.2. The van der Waals surface area contributed by atoms with Crippen LogP contribution < -0.4 is 0 Å². The first-order chi connectivity index (χ1) is 6.52. The second-order valence-corrected chi connectivity index (χ2v) is 3.37. The van der Waals surface area contributed by atoms with Crippen LogP contribution in [0.15, 0.2) is 6.07 Å². The van der Waals surface area contributed by atoms with Gasteiger partial charge in [-0.15, -0.1) is 0 Å². The van der Waals surface area contributed by atoms with E-state index in [1.165, 1.54) is 0 Å². The molecular formula is C8H9F3N2O. The molecule has 14 heavy (non-hydrogen) atoms. The van der Waals surface area contributed by atoms with Crippen molar-refractivity contribution in [2.24, 2.45) is 0 Å². The highest BCUT2D eigenvalue weighted by Crippen LogP contribution is 2.41. The van der Waals surface area contributed by atoms with Crippen LogP contribution in [0.4, 0.5) is 13.2 Å².